The Morgan fingerprint density at radius 2 is 1.62 bits per heavy atom. The second kappa shape index (κ2) is 7.70. The molecule has 0 fully saturated rings. The molecule has 3 rings (SSSR count). The second-order valence-electron chi connectivity index (χ2n) is 5.69. The largest absolute Gasteiger partial charge is 0.457 e. The van der Waals surface area contributed by atoms with Crippen LogP contribution in [0.5, 0.6) is 11.5 Å². The number of aromatic nitrogens is 2. The van der Waals surface area contributed by atoms with Gasteiger partial charge in [0, 0.05) is 36.2 Å². The first-order chi connectivity index (χ1) is 11.7. The molecule has 0 saturated heterocycles. The van der Waals surface area contributed by atoms with Crippen molar-refractivity contribution in [3.05, 3.63) is 84.4 Å². The highest BCUT2D eigenvalue weighted by Crippen LogP contribution is 2.30. The van der Waals surface area contributed by atoms with E-state index in [4.69, 9.17) is 4.74 Å². The monoisotopic (exact) mass is 319 g/mol. The van der Waals surface area contributed by atoms with Crippen LogP contribution in [0.25, 0.3) is 0 Å². The molecule has 0 aliphatic rings. The molecule has 4 heteroatoms. The summed E-state index contributed by atoms with van der Waals surface area (Å²) in [7, 11) is 0. The molecule has 0 spiro atoms. The van der Waals surface area contributed by atoms with Crippen molar-refractivity contribution in [1.82, 2.24) is 15.3 Å². The summed E-state index contributed by atoms with van der Waals surface area (Å²) in [5, 5.41) is 3.56. The van der Waals surface area contributed by atoms with Gasteiger partial charge in [-0.05, 0) is 32.0 Å². The first-order valence-corrected chi connectivity index (χ1v) is 8.08. The van der Waals surface area contributed by atoms with Gasteiger partial charge in [0.1, 0.15) is 11.5 Å². The zero-order valence-corrected chi connectivity index (χ0v) is 13.9. The lowest BCUT2D eigenvalue weighted by molar-refractivity contribution is 0.442. The van der Waals surface area contributed by atoms with Crippen molar-refractivity contribution in [3.8, 4) is 11.5 Å². The highest BCUT2D eigenvalue weighted by atomic mass is 16.5. The van der Waals surface area contributed by atoms with Crippen LogP contribution >= 0.6 is 0 Å². The molecule has 2 atom stereocenters. The van der Waals surface area contributed by atoms with Crippen molar-refractivity contribution in [3.63, 3.8) is 0 Å². The fourth-order valence-electron chi connectivity index (χ4n) is 2.63. The van der Waals surface area contributed by atoms with Gasteiger partial charge in [0.05, 0.1) is 5.69 Å². The molecule has 0 bridgehead atoms. The van der Waals surface area contributed by atoms with E-state index in [2.05, 4.69) is 35.2 Å². The number of para-hydroxylation sites is 2. The van der Waals surface area contributed by atoms with Gasteiger partial charge in [0.15, 0.2) is 0 Å². The molecule has 1 aromatic heterocycles. The number of hydrogen-bond acceptors (Lipinski definition) is 4. The Balaban J connectivity index is 1.76. The van der Waals surface area contributed by atoms with Crippen LogP contribution in [0.1, 0.15) is 37.2 Å². The maximum absolute atomic E-state index is 6.05. The van der Waals surface area contributed by atoms with Gasteiger partial charge >= 0.3 is 0 Å². The van der Waals surface area contributed by atoms with Gasteiger partial charge in [-0.15, -0.1) is 0 Å². The van der Waals surface area contributed by atoms with Crippen LogP contribution in [0.3, 0.4) is 0 Å². The highest BCUT2D eigenvalue weighted by molar-refractivity contribution is 5.39. The summed E-state index contributed by atoms with van der Waals surface area (Å²) < 4.78 is 6.05. The van der Waals surface area contributed by atoms with Crippen LogP contribution in [0, 0.1) is 0 Å². The fraction of sp³-hybridized carbons (Fsp3) is 0.200. The van der Waals surface area contributed by atoms with Gasteiger partial charge in [-0.2, -0.15) is 0 Å². The van der Waals surface area contributed by atoms with E-state index in [9.17, 15) is 0 Å². The summed E-state index contributed by atoms with van der Waals surface area (Å²) in [5.74, 6) is 1.69. The van der Waals surface area contributed by atoms with Crippen LogP contribution in [-0.4, -0.2) is 9.97 Å². The van der Waals surface area contributed by atoms with Crippen molar-refractivity contribution < 1.29 is 4.74 Å². The molecule has 2 aromatic carbocycles. The first-order valence-electron chi connectivity index (χ1n) is 8.08. The van der Waals surface area contributed by atoms with Gasteiger partial charge in [-0.3, -0.25) is 9.97 Å². The molecule has 0 aliphatic heterocycles. The molecule has 1 heterocycles. The number of rotatable bonds is 6. The summed E-state index contributed by atoms with van der Waals surface area (Å²) in [4.78, 5) is 8.49. The third-order valence-electron chi connectivity index (χ3n) is 3.88. The van der Waals surface area contributed by atoms with Crippen molar-refractivity contribution >= 4 is 0 Å². The Labute approximate surface area is 142 Å². The van der Waals surface area contributed by atoms with Crippen molar-refractivity contribution in [1.29, 1.82) is 0 Å². The summed E-state index contributed by atoms with van der Waals surface area (Å²) in [6, 6.07) is 18.1. The van der Waals surface area contributed by atoms with Crippen molar-refractivity contribution in [2.24, 2.45) is 0 Å². The molecule has 0 saturated carbocycles. The second-order valence-corrected chi connectivity index (χ2v) is 5.69. The van der Waals surface area contributed by atoms with E-state index in [1.54, 1.807) is 18.6 Å². The van der Waals surface area contributed by atoms with Gasteiger partial charge in [0.25, 0.3) is 0 Å². The lowest BCUT2D eigenvalue weighted by Crippen LogP contribution is -2.23. The zero-order valence-electron chi connectivity index (χ0n) is 13.9. The maximum atomic E-state index is 6.05. The van der Waals surface area contributed by atoms with Crippen LogP contribution in [0.15, 0.2) is 73.2 Å². The fourth-order valence-corrected chi connectivity index (χ4v) is 2.63. The first kappa shape index (κ1) is 16.1. The molecule has 0 aliphatic carbocycles. The number of nitrogens with one attached hydrogen (secondary N) is 1. The lowest BCUT2D eigenvalue weighted by atomic mass is 10.1. The van der Waals surface area contributed by atoms with Gasteiger partial charge < -0.3 is 10.1 Å². The third-order valence-corrected chi connectivity index (χ3v) is 3.88. The van der Waals surface area contributed by atoms with Crippen LogP contribution < -0.4 is 10.1 Å². The van der Waals surface area contributed by atoms with E-state index in [-0.39, 0.29) is 12.1 Å². The predicted molar refractivity (Wildman–Crippen MR) is 95.0 cm³/mol. The normalized spacial score (nSPS) is 13.2. The van der Waals surface area contributed by atoms with Crippen molar-refractivity contribution in [2.45, 2.75) is 25.9 Å². The molecule has 1 N–H and O–H groups in total. The Kier molecular flexibility index (Phi) is 5.18. The Morgan fingerprint density at radius 3 is 2.38 bits per heavy atom. The van der Waals surface area contributed by atoms with Gasteiger partial charge in [-0.25, -0.2) is 0 Å². The number of nitrogens with zero attached hydrogens (tertiary/aromatic N) is 2. The standard InChI is InChI=1S/C20H21N3O/c1-15(23-16(2)19-14-21-12-13-22-19)18-10-6-7-11-20(18)24-17-8-4-3-5-9-17/h3-16,23H,1-2H3/t15-,16+/m0/s1. The van der Waals surface area contributed by atoms with Crippen LogP contribution in [0.4, 0.5) is 0 Å². The molecule has 122 valence electrons. The average molecular weight is 319 g/mol. The lowest BCUT2D eigenvalue weighted by Gasteiger charge is -2.22. The zero-order chi connectivity index (χ0) is 16.8. The van der Waals surface area contributed by atoms with E-state index >= 15 is 0 Å². The minimum atomic E-state index is 0.0958. The SMILES string of the molecule is C[C@H](N[C@H](C)c1cnccn1)c1ccccc1Oc1ccccc1. The molecular formula is C20H21N3O. The minimum absolute atomic E-state index is 0.0958. The number of ether oxygens (including phenoxy) is 1. The van der Waals surface area contributed by atoms with E-state index < -0.39 is 0 Å². The summed E-state index contributed by atoms with van der Waals surface area (Å²) >= 11 is 0. The molecule has 0 radical (unpaired) electrons. The molecule has 24 heavy (non-hydrogen) atoms. The number of hydrogen-bond donors (Lipinski definition) is 1. The number of benzene rings is 2. The van der Waals surface area contributed by atoms with E-state index in [1.807, 2.05) is 48.5 Å². The van der Waals surface area contributed by atoms with E-state index in [1.165, 1.54) is 0 Å². The molecule has 0 unspecified atom stereocenters. The summed E-state index contributed by atoms with van der Waals surface area (Å²) in [6.45, 7) is 4.21. The van der Waals surface area contributed by atoms with E-state index in [0.29, 0.717) is 0 Å². The Bertz CT molecular complexity index is 762. The molecule has 3 aromatic rings. The van der Waals surface area contributed by atoms with Crippen LogP contribution in [0.2, 0.25) is 0 Å². The summed E-state index contributed by atoms with van der Waals surface area (Å²) in [5.41, 5.74) is 2.03. The molecular weight excluding hydrogens is 298 g/mol. The highest BCUT2D eigenvalue weighted by Gasteiger charge is 2.16. The Morgan fingerprint density at radius 1 is 0.875 bits per heavy atom. The molecule has 0 amide bonds. The van der Waals surface area contributed by atoms with Crippen LogP contribution in [-0.2, 0) is 0 Å². The smallest absolute Gasteiger partial charge is 0.132 e. The predicted octanol–water partition coefficient (Wildman–Crippen LogP) is 4.68. The summed E-state index contributed by atoms with van der Waals surface area (Å²) in [6.07, 6.45) is 5.18. The maximum Gasteiger partial charge on any atom is 0.132 e. The third kappa shape index (κ3) is 3.97. The van der Waals surface area contributed by atoms with Crippen molar-refractivity contribution in [2.75, 3.05) is 0 Å². The van der Waals surface area contributed by atoms with E-state index in [0.717, 1.165) is 22.8 Å². The van der Waals surface area contributed by atoms with Gasteiger partial charge in [-0.1, -0.05) is 36.4 Å². The Hall–Kier alpha value is -2.72. The topological polar surface area (TPSA) is 47.0 Å². The molecule has 4 nitrogen and oxygen atoms in total. The minimum Gasteiger partial charge on any atom is -0.457 e. The quantitative estimate of drug-likeness (QED) is 0.716. The average Bonchev–Trinajstić information content (AvgIpc) is 2.63. The van der Waals surface area contributed by atoms with Gasteiger partial charge in [0.2, 0.25) is 0 Å².